The van der Waals surface area contributed by atoms with Gasteiger partial charge >= 0.3 is 0 Å². The zero-order chi connectivity index (χ0) is 13.9. The standard InChI is InChI=1S/C15H22FNO2/c1-18-9-11-7-12(16)8-13(19-2)14(11)15(10-17)5-3-4-6-15/h7-8H,3-6,9-10,17H2,1-2H3. The van der Waals surface area contributed by atoms with E-state index in [-0.39, 0.29) is 11.2 Å². The number of rotatable bonds is 5. The maximum absolute atomic E-state index is 13.7. The lowest BCUT2D eigenvalue weighted by atomic mass is 9.76. The summed E-state index contributed by atoms with van der Waals surface area (Å²) in [5.74, 6) is 0.303. The van der Waals surface area contributed by atoms with Gasteiger partial charge in [0.1, 0.15) is 11.6 Å². The molecule has 0 atom stereocenters. The van der Waals surface area contributed by atoms with Crippen LogP contribution in [0.5, 0.6) is 5.75 Å². The first-order valence-electron chi connectivity index (χ1n) is 6.73. The summed E-state index contributed by atoms with van der Waals surface area (Å²) in [6.07, 6.45) is 4.37. The van der Waals surface area contributed by atoms with Gasteiger partial charge in [0.25, 0.3) is 0 Å². The van der Waals surface area contributed by atoms with E-state index >= 15 is 0 Å². The van der Waals surface area contributed by atoms with Crippen molar-refractivity contribution in [2.45, 2.75) is 37.7 Å². The third-order valence-corrected chi connectivity index (χ3v) is 4.15. The molecule has 19 heavy (non-hydrogen) atoms. The quantitative estimate of drug-likeness (QED) is 0.892. The van der Waals surface area contributed by atoms with Gasteiger partial charge in [0, 0.05) is 30.7 Å². The number of benzene rings is 1. The largest absolute Gasteiger partial charge is 0.496 e. The van der Waals surface area contributed by atoms with Crippen LogP contribution in [0.3, 0.4) is 0 Å². The third-order valence-electron chi connectivity index (χ3n) is 4.15. The molecule has 1 aromatic rings. The second-order valence-corrected chi connectivity index (χ2v) is 5.27. The van der Waals surface area contributed by atoms with Gasteiger partial charge in [-0.25, -0.2) is 4.39 Å². The third kappa shape index (κ3) is 2.60. The fraction of sp³-hybridized carbons (Fsp3) is 0.600. The first-order chi connectivity index (χ1) is 9.16. The number of nitrogens with two attached hydrogens (primary N) is 1. The molecule has 0 aliphatic heterocycles. The van der Waals surface area contributed by atoms with E-state index in [1.165, 1.54) is 12.1 Å². The van der Waals surface area contributed by atoms with Crippen LogP contribution in [0.2, 0.25) is 0 Å². The highest BCUT2D eigenvalue weighted by atomic mass is 19.1. The van der Waals surface area contributed by atoms with Crippen molar-refractivity contribution in [2.75, 3.05) is 20.8 Å². The maximum Gasteiger partial charge on any atom is 0.127 e. The molecule has 3 nitrogen and oxygen atoms in total. The lowest BCUT2D eigenvalue weighted by Crippen LogP contribution is -2.33. The van der Waals surface area contributed by atoms with Crippen molar-refractivity contribution < 1.29 is 13.9 Å². The summed E-state index contributed by atoms with van der Waals surface area (Å²) in [6.45, 7) is 0.941. The fourth-order valence-corrected chi connectivity index (χ4v) is 3.28. The predicted octanol–water partition coefficient (Wildman–Crippen LogP) is 2.75. The highest BCUT2D eigenvalue weighted by molar-refractivity contribution is 5.47. The van der Waals surface area contributed by atoms with Crippen molar-refractivity contribution >= 4 is 0 Å². The van der Waals surface area contributed by atoms with E-state index in [0.29, 0.717) is 18.9 Å². The van der Waals surface area contributed by atoms with Crippen LogP contribution in [0.15, 0.2) is 12.1 Å². The van der Waals surface area contributed by atoms with Crippen LogP contribution < -0.4 is 10.5 Å². The fourth-order valence-electron chi connectivity index (χ4n) is 3.28. The Kier molecular flexibility index (Phi) is 4.42. The van der Waals surface area contributed by atoms with E-state index in [0.717, 1.165) is 36.8 Å². The average Bonchev–Trinajstić information content (AvgIpc) is 2.88. The molecular weight excluding hydrogens is 245 g/mol. The second-order valence-electron chi connectivity index (χ2n) is 5.27. The summed E-state index contributed by atoms with van der Waals surface area (Å²) in [6, 6.07) is 2.99. The Balaban J connectivity index is 2.57. The van der Waals surface area contributed by atoms with E-state index in [2.05, 4.69) is 0 Å². The Hall–Kier alpha value is -1.13. The highest BCUT2D eigenvalue weighted by Gasteiger charge is 2.38. The molecule has 1 fully saturated rings. The van der Waals surface area contributed by atoms with Crippen LogP contribution in [0.4, 0.5) is 4.39 Å². The zero-order valence-corrected chi connectivity index (χ0v) is 11.7. The summed E-state index contributed by atoms with van der Waals surface area (Å²) in [4.78, 5) is 0. The summed E-state index contributed by atoms with van der Waals surface area (Å²) in [5.41, 5.74) is 7.84. The number of ether oxygens (including phenoxy) is 2. The topological polar surface area (TPSA) is 44.5 Å². The number of methoxy groups -OCH3 is 2. The summed E-state index contributed by atoms with van der Waals surface area (Å²) < 4.78 is 24.3. The van der Waals surface area contributed by atoms with Crippen LogP contribution in [0.25, 0.3) is 0 Å². The van der Waals surface area contributed by atoms with Crippen molar-refractivity contribution in [1.29, 1.82) is 0 Å². The molecule has 0 spiro atoms. The lowest BCUT2D eigenvalue weighted by molar-refractivity contribution is 0.181. The molecule has 106 valence electrons. The number of hydrogen-bond acceptors (Lipinski definition) is 3. The normalized spacial score (nSPS) is 17.7. The minimum atomic E-state index is -0.294. The van der Waals surface area contributed by atoms with Crippen LogP contribution in [0, 0.1) is 5.82 Å². The smallest absolute Gasteiger partial charge is 0.127 e. The molecule has 1 saturated carbocycles. The van der Waals surface area contributed by atoms with Crippen molar-refractivity contribution in [3.05, 3.63) is 29.1 Å². The van der Waals surface area contributed by atoms with E-state index < -0.39 is 0 Å². The van der Waals surface area contributed by atoms with Crippen LogP contribution in [0.1, 0.15) is 36.8 Å². The van der Waals surface area contributed by atoms with E-state index in [9.17, 15) is 4.39 Å². The molecular formula is C15H22FNO2. The minimum absolute atomic E-state index is 0.0904. The molecule has 2 rings (SSSR count). The van der Waals surface area contributed by atoms with E-state index in [4.69, 9.17) is 15.2 Å². The number of hydrogen-bond donors (Lipinski definition) is 1. The Labute approximate surface area is 113 Å². The van der Waals surface area contributed by atoms with E-state index in [1.54, 1.807) is 14.2 Å². The molecule has 1 aliphatic rings. The van der Waals surface area contributed by atoms with Gasteiger partial charge in [0.05, 0.1) is 13.7 Å². The van der Waals surface area contributed by atoms with Crippen molar-refractivity contribution in [2.24, 2.45) is 5.73 Å². The van der Waals surface area contributed by atoms with Gasteiger partial charge in [-0.2, -0.15) is 0 Å². The molecule has 0 aromatic heterocycles. The molecule has 0 saturated heterocycles. The van der Waals surface area contributed by atoms with Gasteiger partial charge in [-0.1, -0.05) is 12.8 Å². The van der Waals surface area contributed by atoms with Crippen molar-refractivity contribution in [3.8, 4) is 5.75 Å². The summed E-state index contributed by atoms with van der Waals surface area (Å²) in [7, 11) is 3.19. The first-order valence-corrected chi connectivity index (χ1v) is 6.73. The second kappa shape index (κ2) is 5.88. The monoisotopic (exact) mass is 267 g/mol. The van der Waals surface area contributed by atoms with Crippen LogP contribution in [-0.2, 0) is 16.8 Å². The zero-order valence-electron chi connectivity index (χ0n) is 11.7. The molecule has 4 heteroatoms. The molecule has 0 amide bonds. The minimum Gasteiger partial charge on any atom is -0.496 e. The van der Waals surface area contributed by atoms with Crippen LogP contribution in [-0.4, -0.2) is 20.8 Å². The van der Waals surface area contributed by atoms with Gasteiger partial charge in [-0.15, -0.1) is 0 Å². The molecule has 0 radical (unpaired) electrons. The molecule has 1 aliphatic carbocycles. The number of halogens is 1. The van der Waals surface area contributed by atoms with Gasteiger partial charge in [0.2, 0.25) is 0 Å². The van der Waals surface area contributed by atoms with Gasteiger partial charge < -0.3 is 15.2 Å². The molecule has 0 heterocycles. The predicted molar refractivity (Wildman–Crippen MR) is 72.9 cm³/mol. The highest BCUT2D eigenvalue weighted by Crippen LogP contribution is 2.46. The summed E-state index contributed by atoms with van der Waals surface area (Å²) in [5, 5.41) is 0. The SMILES string of the molecule is COCc1cc(F)cc(OC)c1C1(CN)CCCC1. The Morgan fingerprint density at radius 2 is 1.95 bits per heavy atom. The molecule has 0 bridgehead atoms. The Bertz CT molecular complexity index is 442. The van der Waals surface area contributed by atoms with Gasteiger partial charge in [-0.3, -0.25) is 0 Å². The summed E-state index contributed by atoms with van der Waals surface area (Å²) >= 11 is 0. The lowest BCUT2D eigenvalue weighted by Gasteiger charge is -2.32. The van der Waals surface area contributed by atoms with E-state index in [1.807, 2.05) is 0 Å². The average molecular weight is 267 g/mol. The Morgan fingerprint density at radius 1 is 1.26 bits per heavy atom. The van der Waals surface area contributed by atoms with Crippen molar-refractivity contribution in [1.82, 2.24) is 0 Å². The van der Waals surface area contributed by atoms with Crippen molar-refractivity contribution in [3.63, 3.8) is 0 Å². The molecule has 0 unspecified atom stereocenters. The molecule has 2 N–H and O–H groups in total. The molecule has 1 aromatic carbocycles. The van der Waals surface area contributed by atoms with Crippen LogP contribution >= 0.6 is 0 Å². The maximum atomic E-state index is 13.7. The van der Waals surface area contributed by atoms with Gasteiger partial charge in [0.15, 0.2) is 0 Å². The van der Waals surface area contributed by atoms with Gasteiger partial charge in [-0.05, 0) is 24.5 Å². The first kappa shape index (κ1) is 14.3. The Morgan fingerprint density at radius 3 is 2.47 bits per heavy atom.